The Labute approximate surface area is 147 Å². The quantitative estimate of drug-likeness (QED) is 0.521. The van der Waals surface area contributed by atoms with Gasteiger partial charge < -0.3 is 0 Å². The minimum absolute atomic E-state index is 0.757. The average molecular weight is 323 g/mol. The summed E-state index contributed by atoms with van der Waals surface area (Å²) in [6.45, 7) is 1.93. The van der Waals surface area contributed by atoms with Gasteiger partial charge in [0.15, 0.2) is 0 Å². The Hall–Kier alpha value is -3.33. The third kappa shape index (κ3) is 3.17. The van der Waals surface area contributed by atoms with Crippen molar-refractivity contribution in [3.8, 4) is 33.8 Å². The zero-order valence-corrected chi connectivity index (χ0v) is 13.9. The Morgan fingerprint density at radius 3 is 1.96 bits per heavy atom. The largest absolute Gasteiger partial charge is 0.256 e. The van der Waals surface area contributed by atoms with Gasteiger partial charge in [-0.3, -0.25) is 4.98 Å². The first-order valence-electron chi connectivity index (χ1n) is 8.23. The molecular formula is C22H17N3. The number of pyridine rings is 1. The molecule has 0 amide bonds. The highest BCUT2D eigenvalue weighted by Crippen LogP contribution is 2.31. The van der Waals surface area contributed by atoms with Crippen LogP contribution in [0.4, 0.5) is 0 Å². The summed E-state index contributed by atoms with van der Waals surface area (Å²) in [5.41, 5.74) is 6.00. The Morgan fingerprint density at radius 1 is 0.600 bits per heavy atom. The van der Waals surface area contributed by atoms with Gasteiger partial charge in [0.25, 0.3) is 0 Å². The molecule has 2 heterocycles. The fourth-order valence-corrected chi connectivity index (χ4v) is 2.91. The summed E-state index contributed by atoms with van der Waals surface area (Å²) in [6.07, 6.45) is 1.81. The van der Waals surface area contributed by atoms with E-state index in [4.69, 9.17) is 0 Å². The molecule has 4 aromatic rings. The molecule has 25 heavy (non-hydrogen) atoms. The maximum absolute atomic E-state index is 4.68. The Balaban J connectivity index is 1.88. The van der Waals surface area contributed by atoms with E-state index in [2.05, 4.69) is 39.2 Å². The van der Waals surface area contributed by atoms with Crippen molar-refractivity contribution in [1.82, 2.24) is 15.0 Å². The van der Waals surface area contributed by atoms with Gasteiger partial charge in [-0.2, -0.15) is 0 Å². The average Bonchev–Trinajstić information content (AvgIpc) is 2.69. The topological polar surface area (TPSA) is 38.7 Å². The monoisotopic (exact) mass is 323 g/mol. The zero-order chi connectivity index (χ0) is 17.1. The summed E-state index contributed by atoms with van der Waals surface area (Å²) in [7, 11) is 0. The number of hydrogen-bond acceptors (Lipinski definition) is 3. The van der Waals surface area contributed by atoms with Gasteiger partial charge in [0, 0.05) is 22.9 Å². The smallest absolute Gasteiger partial charge is 0.126 e. The summed E-state index contributed by atoms with van der Waals surface area (Å²) in [5.74, 6) is 0.757. The lowest BCUT2D eigenvalue weighted by molar-refractivity contribution is 1.06. The van der Waals surface area contributed by atoms with Crippen LogP contribution in [0, 0.1) is 6.92 Å². The summed E-state index contributed by atoms with van der Waals surface area (Å²) in [6, 6.07) is 26.4. The number of nitrogens with zero attached hydrogens (tertiary/aromatic N) is 3. The van der Waals surface area contributed by atoms with Crippen molar-refractivity contribution in [3.05, 3.63) is 90.9 Å². The minimum Gasteiger partial charge on any atom is -0.256 e. The van der Waals surface area contributed by atoms with Crippen LogP contribution in [0.5, 0.6) is 0 Å². The van der Waals surface area contributed by atoms with Crippen molar-refractivity contribution in [2.24, 2.45) is 0 Å². The first-order valence-corrected chi connectivity index (χ1v) is 8.23. The second kappa shape index (κ2) is 6.65. The molecule has 0 unspecified atom stereocenters. The highest BCUT2D eigenvalue weighted by atomic mass is 14.9. The van der Waals surface area contributed by atoms with Crippen LogP contribution in [-0.2, 0) is 0 Å². The molecule has 3 nitrogen and oxygen atoms in total. The number of rotatable bonds is 3. The fourth-order valence-electron chi connectivity index (χ4n) is 2.91. The Kier molecular flexibility index (Phi) is 4.05. The molecule has 0 spiro atoms. The predicted octanol–water partition coefficient (Wildman–Crippen LogP) is 5.18. The van der Waals surface area contributed by atoms with Crippen LogP contribution in [0.1, 0.15) is 5.82 Å². The molecule has 2 aromatic carbocycles. The summed E-state index contributed by atoms with van der Waals surface area (Å²) in [5, 5.41) is 0. The molecule has 0 aliphatic heterocycles. The highest BCUT2D eigenvalue weighted by Gasteiger charge is 2.11. The van der Waals surface area contributed by atoms with E-state index in [0.29, 0.717) is 0 Å². The van der Waals surface area contributed by atoms with Crippen molar-refractivity contribution in [2.75, 3.05) is 0 Å². The van der Waals surface area contributed by atoms with Crippen molar-refractivity contribution < 1.29 is 0 Å². The molecule has 0 radical (unpaired) electrons. The lowest BCUT2D eigenvalue weighted by atomic mass is 10.00. The van der Waals surface area contributed by atoms with Gasteiger partial charge in [-0.15, -0.1) is 0 Å². The van der Waals surface area contributed by atoms with Crippen LogP contribution < -0.4 is 0 Å². The van der Waals surface area contributed by atoms with E-state index in [1.807, 2.05) is 67.7 Å². The number of hydrogen-bond donors (Lipinski definition) is 0. The molecule has 0 aliphatic rings. The first kappa shape index (κ1) is 15.2. The standard InChI is InChI=1S/C22H17N3/c1-16-24-21(17-9-3-2-4-10-17)15-22(25-16)19-12-6-5-11-18(19)20-13-7-8-14-23-20/h2-15H,1H3. The highest BCUT2D eigenvalue weighted by molar-refractivity contribution is 5.81. The summed E-state index contributed by atoms with van der Waals surface area (Å²) < 4.78 is 0. The molecule has 0 saturated heterocycles. The van der Waals surface area contributed by atoms with Crippen molar-refractivity contribution in [1.29, 1.82) is 0 Å². The minimum atomic E-state index is 0.757. The number of aryl methyl sites for hydroxylation is 1. The fraction of sp³-hybridized carbons (Fsp3) is 0.0455. The molecule has 0 bridgehead atoms. The second-order valence-electron chi connectivity index (χ2n) is 5.81. The van der Waals surface area contributed by atoms with Gasteiger partial charge in [-0.05, 0) is 25.1 Å². The lowest BCUT2D eigenvalue weighted by Gasteiger charge is -2.11. The molecule has 4 rings (SSSR count). The van der Waals surface area contributed by atoms with Crippen molar-refractivity contribution in [3.63, 3.8) is 0 Å². The van der Waals surface area contributed by atoms with Crippen LogP contribution in [0.2, 0.25) is 0 Å². The van der Waals surface area contributed by atoms with Gasteiger partial charge in [0.05, 0.1) is 17.1 Å². The molecule has 0 saturated carbocycles. The van der Waals surface area contributed by atoms with E-state index in [1.165, 1.54) is 0 Å². The summed E-state index contributed by atoms with van der Waals surface area (Å²) >= 11 is 0. The van der Waals surface area contributed by atoms with E-state index in [1.54, 1.807) is 0 Å². The van der Waals surface area contributed by atoms with Crippen LogP contribution in [0.25, 0.3) is 33.8 Å². The lowest BCUT2D eigenvalue weighted by Crippen LogP contribution is -1.96. The van der Waals surface area contributed by atoms with Crippen molar-refractivity contribution in [2.45, 2.75) is 6.92 Å². The van der Waals surface area contributed by atoms with E-state index >= 15 is 0 Å². The SMILES string of the molecule is Cc1nc(-c2ccccc2)cc(-c2ccccc2-c2ccccn2)n1. The molecule has 0 fully saturated rings. The molecule has 0 atom stereocenters. The second-order valence-corrected chi connectivity index (χ2v) is 5.81. The van der Waals surface area contributed by atoms with Crippen molar-refractivity contribution >= 4 is 0 Å². The maximum Gasteiger partial charge on any atom is 0.126 e. The third-order valence-corrected chi connectivity index (χ3v) is 4.05. The van der Waals surface area contributed by atoms with Crippen LogP contribution in [0.15, 0.2) is 85.1 Å². The number of benzene rings is 2. The normalized spacial score (nSPS) is 10.6. The molecule has 0 N–H and O–H groups in total. The van der Waals surface area contributed by atoms with Gasteiger partial charge in [-0.25, -0.2) is 9.97 Å². The van der Waals surface area contributed by atoms with Crippen LogP contribution in [0.3, 0.4) is 0 Å². The van der Waals surface area contributed by atoms with Crippen LogP contribution >= 0.6 is 0 Å². The van der Waals surface area contributed by atoms with Crippen LogP contribution in [-0.4, -0.2) is 15.0 Å². The first-order chi connectivity index (χ1) is 12.3. The Morgan fingerprint density at radius 2 is 1.24 bits per heavy atom. The van der Waals surface area contributed by atoms with Gasteiger partial charge in [0.2, 0.25) is 0 Å². The van der Waals surface area contributed by atoms with E-state index in [-0.39, 0.29) is 0 Å². The molecule has 3 heteroatoms. The molecule has 2 aromatic heterocycles. The van der Waals surface area contributed by atoms with E-state index < -0.39 is 0 Å². The van der Waals surface area contributed by atoms with E-state index in [0.717, 1.165) is 39.6 Å². The molecule has 0 aliphatic carbocycles. The third-order valence-electron chi connectivity index (χ3n) is 4.05. The summed E-state index contributed by atoms with van der Waals surface area (Å²) in [4.78, 5) is 13.8. The van der Waals surface area contributed by atoms with Gasteiger partial charge in [0.1, 0.15) is 5.82 Å². The van der Waals surface area contributed by atoms with Gasteiger partial charge in [-0.1, -0.05) is 60.7 Å². The predicted molar refractivity (Wildman–Crippen MR) is 101 cm³/mol. The van der Waals surface area contributed by atoms with Gasteiger partial charge >= 0.3 is 0 Å². The zero-order valence-electron chi connectivity index (χ0n) is 13.9. The molecule has 120 valence electrons. The number of aromatic nitrogens is 3. The Bertz CT molecular complexity index is 996. The van der Waals surface area contributed by atoms with E-state index in [9.17, 15) is 0 Å². The molecular weight excluding hydrogens is 306 g/mol. The maximum atomic E-state index is 4.68.